The highest BCUT2D eigenvalue weighted by Crippen LogP contribution is 2.29. The minimum absolute atomic E-state index is 0.117. The highest BCUT2D eigenvalue weighted by atomic mass is 16.5. The van der Waals surface area contributed by atoms with Crippen molar-refractivity contribution in [3.63, 3.8) is 0 Å². The highest BCUT2D eigenvalue weighted by Gasteiger charge is 2.44. The highest BCUT2D eigenvalue weighted by molar-refractivity contribution is 6.22. The van der Waals surface area contributed by atoms with Gasteiger partial charge < -0.3 is 9.42 Å². The number of carbonyl (C=O) groups excluding carboxylic acids is 3. The van der Waals surface area contributed by atoms with E-state index in [1.165, 1.54) is 0 Å². The van der Waals surface area contributed by atoms with E-state index in [1.54, 1.807) is 43.0 Å². The molecule has 1 unspecified atom stereocenters. The first-order chi connectivity index (χ1) is 17.9. The van der Waals surface area contributed by atoms with E-state index in [0.29, 0.717) is 41.2 Å². The van der Waals surface area contributed by atoms with Crippen LogP contribution in [-0.2, 0) is 24.3 Å². The summed E-state index contributed by atoms with van der Waals surface area (Å²) in [5.41, 5.74) is 3.86. The van der Waals surface area contributed by atoms with E-state index in [1.807, 2.05) is 60.7 Å². The molecule has 3 amide bonds. The zero-order valence-corrected chi connectivity index (χ0v) is 20.8. The molecule has 0 aliphatic carbocycles. The Morgan fingerprint density at radius 2 is 1.30 bits per heavy atom. The standard InChI is InChI=1S/C30H27N3O4/c1-20-26(21(2)37-31-20)17-27(33-28(34)24-15-9-10-16-25(24)29(33)35)30(36)32(18-22-11-5-3-6-12-22)19-23-13-7-4-8-14-23/h3-16,27H,17-19H2,1-2H3. The topological polar surface area (TPSA) is 83.7 Å². The first-order valence-corrected chi connectivity index (χ1v) is 12.2. The van der Waals surface area contributed by atoms with Gasteiger partial charge in [0, 0.05) is 25.1 Å². The largest absolute Gasteiger partial charge is 0.361 e. The van der Waals surface area contributed by atoms with Gasteiger partial charge in [0.05, 0.1) is 16.8 Å². The van der Waals surface area contributed by atoms with Gasteiger partial charge >= 0.3 is 0 Å². The van der Waals surface area contributed by atoms with Crippen LogP contribution in [0, 0.1) is 13.8 Å². The molecule has 5 rings (SSSR count). The minimum Gasteiger partial charge on any atom is -0.361 e. The van der Waals surface area contributed by atoms with Crippen LogP contribution < -0.4 is 0 Å². The Bertz CT molecular complexity index is 1350. The second kappa shape index (κ2) is 10.2. The molecule has 0 N–H and O–H groups in total. The van der Waals surface area contributed by atoms with E-state index < -0.39 is 17.9 Å². The van der Waals surface area contributed by atoms with Crippen molar-refractivity contribution in [2.75, 3.05) is 0 Å². The molecule has 7 heteroatoms. The summed E-state index contributed by atoms with van der Waals surface area (Å²) in [6, 6.07) is 25.0. The van der Waals surface area contributed by atoms with E-state index in [4.69, 9.17) is 4.52 Å². The van der Waals surface area contributed by atoms with Crippen molar-refractivity contribution in [3.05, 3.63) is 124 Å². The fourth-order valence-electron chi connectivity index (χ4n) is 4.80. The van der Waals surface area contributed by atoms with Crippen molar-refractivity contribution >= 4 is 17.7 Å². The Labute approximate surface area is 215 Å². The summed E-state index contributed by atoms with van der Waals surface area (Å²) in [6.45, 7) is 4.22. The Kier molecular flexibility index (Phi) is 6.68. The van der Waals surface area contributed by atoms with Crippen molar-refractivity contribution in [2.24, 2.45) is 0 Å². The summed E-state index contributed by atoms with van der Waals surface area (Å²) in [7, 11) is 0. The molecule has 0 saturated carbocycles. The van der Waals surface area contributed by atoms with Crippen molar-refractivity contribution in [3.8, 4) is 0 Å². The predicted octanol–water partition coefficient (Wildman–Crippen LogP) is 4.73. The molecule has 3 aromatic carbocycles. The summed E-state index contributed by atoms with van der Waals surface area (Å²) in [4.78, 5) is 44.1. The first kappa shape index (κ1) is 24.2. The molecule has 2 heterocycles. The number of aryl methyl sites for hydroxylation is 2. The summed E-state index contributed by atoms with van der Waals surface area (Å²) in [5.74, 6) is -0.693. The number of amides is 3. The Morgan fingerprint density at radius 1 is 0.811 bits per heavy atom. The maximum Gasteiger partial charge on any atom is 0.262 e. The number of imide groups is 1. The van der Waals surface area contributed by atoms with Gasteiger partial charge in [-0.15, -0.1) is 0 Å². The van der Waals surface area contributed by atoms with Crippen LogP contribution in [0.15, 0.2) is 89.5 Å². The van der Waals surface area contributed by atoms with E-state index >= 15 is 0 Å². The molecule has 186 valence electrons. The predicted molar refractivity (Wildman–Crippen MR) is 138 cm³/mol. The van der Waals surface area contributed by atoms with Crippen LogP contribution in [0.5, 0.6) is 0 Å². The number of fused-ring (bicyclic) bond motifs is 1. The molecular weight excluding hydrogens is 466 g/mol. The Hall–Kier alpha value is -4.52. The zero-order valence-electron chi connectivity index (χ0n) is 20.8. The van der Waals surface area contributed by atoms with Crippen LogP contribution in [-0.4, -0.2) is 38.7 Å². The molecular formula is C30H27N3O4. The van der Waals surface area contributed by atoms with Crippen LogP contribution in [0.1, 0.15) is 48.9 Å². The lowest BCUT2D eigenvalue weighted by Crippen LogP contribution is -2.51. The minimum atomic E-state index is -1.06. The summed E-state index contributed by atoms with van der Waals surface area (Å²) < 4.78 is 5.34. The third-order valence-electron chi connectivity index (χ3n) is 6.75. The Balaban J connectivity index is 1.56. The molecule has 0 spiro atoms. The third-order valence-corrected chi connectivity index (χ3v) is 6.75. The van der Waals surface area contributed by atoms with E-state index in [0.717, 1.165) is 16.0 Å². The molecule has 0 bridgehead atoms. The average Bonchev–Trinajstić information content (AvgIpc) is 3.37. The lowest BCUT2D eigenvalue weighted by Gasteiger charge is -2.32. The third kappa shape index (κ3) is 4.80. The number of rotatable bonds is 8. The molecule has 1 atom stereocenters. The number of aromatic nitrogens is 1. The second-order valence-electron chi connectivity index (χ2n) is 9.21. The van der Waals surface area contributed by atoms with Gasteiger partial charge in [0.1, 0.15) is 11.8 Å². The molecule has 0 fully saturated rings. The number of hydrogen-bond acceptors (Lipinski definition) is 5. The van der Waals surface area contributed by atoms with Crippen LogP contribution in [0.3, 0.4) is 0 Å². The maximum atomic E-state index is 14.4. The van der Waals surface area contributed by atoms with Gasteiger partial charge in [-0.3, -0.25) is 19.3 Å². The molecule has 7 nitrogen and oxygen atoms in total. The number of benzene rings is 3. The van der Waals surface area contributed by atoms with Crippen molar-refractivity contribution in [2.45, 2.75) is 39.4 Å². The molecule has 1 aliphatic heterocycles. The Morgan fingerprint density at radius 3 is 1.76 bits per heavy atom. The SMILES string of the molecule is Cc1noc(C)c1CC(C(=O)N(Cc1ccccc1)Cc1ccccc1)N1C(=O)c2ccccc2C1=O. The summed E-state index contributed by atoms with van der Waals surface area (Å²) in [5, 5.41) is 4.02. The molecule has 1 aliphatic rings. The van der Waals surface area contributed by atoms with Gasteiger partial charge in [0.15, 0.2) is 0 Å². The number of carbonyl (C=O) groups is 3. The van der Waals surface area contributed by atoms with E-state index in [9.17, 15) is 14.4 Å². The van der Waals surface area contributed by atoms with Crippen molar-refractivity contribution < 1.29 is 18.9 Å². The lowest BCUT2D eigenvalue weighted by molar-refractivity contribution is -0.136. The monoisotopic (exact) mass is 493 g/mol. The van der Waals surface area contributed by atoms with Crippen LogP contribution in [0.25, 0.3) is 0 Å². The van der Waals surface area contributed by atoms with Crippen LogP contribution >= 0.6 is 0 Å². The molecule has 37 heavy (non-hydrogen) atoms. The van der Waals surface area contributed by atoms with Gasteiger partial charge in [-0.05, 0) is 37.1 Å². The number of hydrogen-bond donors (Lipinski definition) is 0. The van der Waals surface area contributed by atoms with E-state index in [-0.39, 0.29) is 12.3 Å². The van der Waals surface area contributed by atoms with Gasteiger partial charge in [0.25, 0.3) is 11.8 Å². The van der Waals surface area contributed by atoms with Gasteiger partial charge in [0.2, 0.25) is 5.91 Å². The molecule has 4 aromatic rings. The fraction of sp³-hybridized carbons (Fsp3) is 0.200. The number of nitrogens with zero attached hydrogens (tertiary/aromatic N) is 3. The fourth-order valence-corrected chi connectivity index (χ4v) is 4.80. The van der Waals surface area contributed by atoms with Gasteiger partial charge in [-0.25, -0.2) is 0 Å². The summed E-state index contributed by atoms with van der Waals surface area (Å²) >= 11 is 0. The molecule has 0 saturated heterocycles. The lowest BCUT2D eigenvalue weighted by atomic mass is 10.0. The molecule has 0 radical (unpaired) electrons. The van der Waals surface area contributed by atoms with Crippen molar-refractivity contribution in [1.82, 2.24) is 15.0 Å². The van der Waals surface area contributed by atoms with Crippen LogP contribution in [0.2, 0.25) is 0 Å². The smallest absolute Gasteiger partial charge is 0.262 e. The second-order valence-corrected chi connectivity index (χ2v) is 9.21. The summed E-state index contributed by atoms with van der Waals surface area (Å²) in [6.07, 6.45) is 0.117. The molecule has 1 aromatic heterocycles. The maximum absolute atomic E-state index is 14.4. The zero-order chi connectivity index (χ0) is 25.9. The van der Waals surface area contributed by atoms with Gasteiger partial charge in [-0.2, -0.15) is 0 Å². The van der Waals surface area contributed by atoms with Crippen LogP contribution in [0.4, 0.5) is 0 Å². The van der Waals surface area contributed by atoms with Gasteiger partial charge in [-0.1, -0.05) is 78.0 Å². The van der Waals surface area contributed by atoms with E-state index in [2.05, 4.69) is 5.16 Å². The quantitative estimate of drug-likeness (QED) is 0.332. The first-order valence-electron chi connectivity index (χ1n) is 12.2. The average molecular weight is 494 g/mol. The van der Waals surface area contributed by atoms with Crippen molar-refractivity contribution in [1.29, 1.82) is 0 Å². The normalized spacial score (nSPS) is 13.5.